The quantitative estimate of drug-likeness (QED) is 0.700. The molecule has 0 N–H and O–H groups in total. The third kappa shape index (κ3) is 3.27. The zero-order valence-electron chi connectivity index (χ0n) is 10.3. The molecule has 0 aromatic heterocycles. The lowest BCUT2D eigenvalue weighted by Crippen LogP contribution is -1.79. The van der Waals surface area contributed by atoms with E-state index in [9.17, 15) is 0 Å². The third-order valence-electron chi connectivity index (χ3n) is 2.51. The largest absolute Gasteiger partial charge is 0.188 e. The molecular weight excluding hydrogens is 220 g/mol. The van der Waals surface area contributed by atoms with Gasteiger partial charge in [0.25, 0.3) is 0 Å². The van der Waals surface area contributed by atoms with Gasteiger partial charge in [0.1, 0.15) is 6.01 Å². The van der Waals surface area contributed by atoms with Crippen LogP contribution in [0.5, 0.6) is 0 Å². The van der Waals surface area contributed by atoms with Gasteiger partial charge in [-0.2, -0.15) is 9.98 Å². The Morgan fingerprint density at radius 3 is 2.33 bits per heavy atom. The van der Waals surface area contributed by atoms with E-state index in [-0.39, 0.29) is 0 Å². The number of benzene rings is 2. The smallest absolute Gasteiger partial charge is 0.100 e. The molecule has 2 heteroatoms. The van der Waals surface area contributed by atoms with Gasteiger partial charge < -0.3 is 0 Å². The third-order valence-corrected chi connectivity index (χ3v) is 2.51. The van der Waals surface area contributed by atoms with Gasteiger partial charge in [-0.15, -0.1) is 0 Å². The van der Waals surface area contributed by atoms with Crippen molar-refractivity contribution in [2.45, 2.75) is 6.92 Å². The Morgan fingerprint density at radius 1 is 1.00 bits per heavy atom. The van der Waals surface area contributed by atoms with Crippen molar-refractivity contribution in [1.29, 1.82) is 0 Å². The average Bonchev–Trinajstić information content (AvgIpc) is 2.40. The van der Waals surface area contributed by atoms with E-state index in [0.29, 0.717) is 5.70 Å². The van der Waals surface area contributed by atoms with Gasteiger partial charge in [0.2, 0.25) is 0 Å². The Labute approximate surface area is 107 Å². The summed E-state index contributed by atoms with van der Waals surface area (Å²) < 4.78 is 0. The fraction of sp³-hybridized carbons (Fsp3) is 0.0625. The van der Waals surface area contributed by atoms with Crippen molar-refractivity contribution in [3.05, 3.63) is 72.3 Å². The molecule has 0 spiro atoms. The van der Waals surface area contributed by atoms with Crippen LogP contribution in [0, 0.1) is 6.92 Å². The number of hydrogen-bond acceptors (Lipinski definition) is 2. The zero-order chi connectivity index (χ0) is 12.8. The number of para-hydroxylation sites is 1. The second kappa shape index (κ2) is 5.76. The fourth-order valence-electron chi connectivity index (χ4n) is 1.46. The van der Waals surface area contributed by atoms with Crippen LogP contribution in [0.3, 0.4) is 0 Å². The van der Waals surface area contributed by atoms with Crippen molar-refractivity contribution >= 4 is 17.4 Å². The summed E-state index contributed by atoms with van der Waals surface area (Å²) >= 11 is 0. The van der Waals surface area contributed by atoms with E-state index in [1.165, 1.54) is 5.56 Å². The lowest BCUT2D eigenvalue weighted by molar-refractivity contribution is 1.43. The SMILES string of the molecule is C=C(N=C=Nc1ccccc1)c1ccc(C)cc1. The van der Waals surface area contributed by atoms with E-state index >= 15 is 0 Å². The molecule has 0 heterocycles. The summed E-state index contributed by atoms with van der Waals surface area (Å²) in [5.74, 6) is 0. The lowest BCUT2D eigenvalue weighted by atomic mass is 10.1. The molecule has 0 aliphatic carbocycles. The van der Waals surface area contributed by atoms with Crippen LogP contribution in [0.25, 0.3) is 5.70 Å². The molecule has 0 fully saturated rings. The molecule has 18 heavy (non-hydrogen) atoms. The second-order valence-corrected chi connectivity index (χ2v) is 3.97. The Bertz CT molecular complexity index is 589. The number of hydrogen-bond donors (Lipinski definition) is 0. The highest BCUT2D eigenvalue weighted by molar-refractivity contribution is 5.69. The van der Waals surface area contributed by atoms with Gasteiger partial charge in [0.05, 0.1) is 11.4 Å². The molecule has 2 aromatic carbocycles. The molecule has 0 saturated heterocycles. The summed E-state index contributed by atoms with van der Waals surface area (Å²) in [7, 11) is 0. The highest BCUT2D eigenvalue weighted by atomic mass is 14.8. The number of aryl methyl sites for hydroxylation is 1. The Morgan fingerprint density at radius 2 is 1.67 bits per heavy atom. The van der Waals surface area contributed by atoms with Gasteiger partial charge in [-0.25, -0.2) is 0 Å². The molecule has 0 radical (unpaired) electrons. The molecule has 0 unspecified atom stereocenters. The molecule has 0 aliphatic rings. The molecule has 0 amide bonds. The van der Waals surface area contributed by atoms with Gasteiger partial charge in [0.15, 0.2) is 0 Å². The summed E-state index contributed by atoms with van der Waals surface area (Å²) in [5, 5.41) is 0. The summed E-state index contributed by atoms with van der Waals surface area (Å²) in [4.78, 5) is 8.22. The molecule has 2 rings (SSSR count). The van der Waals surface area contributed by atoms with E-state index in [2.05, 4.69) is 22.6 Å². The second-order valence-electron chi connectivity index (χ2n) is 3.97. The van der Waals surface area contributed by atoms with Crippen molar-refractivity contribution < 1.29 is 0 Å². The van der Waals surface area contributed by atoms with E-state index in [1.807, 2.05) is 61.5 Å². The van der Waals surface area contributed by atoms with E-state index < -0.39 is 0 Å². The first-order chi connectivity index (χ1) is 8.75. The van der Waals surface area contributed by atoms with Gasteiger partial charge >= 0.3 is 0 Å². The molecule has 2 aromatic rings. The first-order valence-electron chi connectivity index (χ1n) is 5.73. The Hall–Kier alpha value is -2.44. The van der Waals surface area contributed by atoms with Gasteiger partial charge in [-0.3, -0.25) is 0 Å². The average molecular weight is 234 g/mol. The van der Waals surface area contributed by atoms with Crippen molar-refractivity contribution in [3.63, 3.8) is 0 Å². The van der Waals surface area contributed by atoms with Gasteiger partial charge in [0, 0.05) is 5.56 Å². The maximum absolute atomic E-state index is 4.11. The summed E-state index contributed by atoms with van der Waals surface area (Å²) in [5.41, 5.74) is 3.69. The lowest BCUT2D eigenvalue weighted by Gasteiger charge is -1.98. The maximum atomic E-state index is 4.11. The van der Waals surface area contributed by atoms with Crippen LogP contribution in [0.1, 0.15) is 11.1 Å². The van der Waals surface area contributed by atoms with Crippen LogP contribution in [0.4, 0.5) is 5.69 Å². The highest BCUT2D eigenvalue weighted by Crippen LogP contribution is 2.14. The number of rotatable bonds is 3. The normalized spacial score (nSPS) is 9.39. The van der Waals surface area contributed by atoms with Crippen LogP contribution >= 0.6 is 0 Å². The number of aliphatic imine (C=N–C) groups is 2. The highest BCUT2D eigenvalue weighted by Gasteiger charge is 1.94. The molecule has 0 atom stereocenters. The number of nitrogens with zero attached hydrogens (tertiary/aromatic N) is 2. The van der Waals surface area contributed by atoms with Crippen LogP contribution in [0.2, 0.25) is 0 Å². The molecule has 0 saturated carbocycles. The van der Waals surface area contributed by atoms with E-state index in [0.717, 1.165) is 11.3 Å². The summed E-state index contributed by atoms with van der Waals surface area (Å²) in [6.07, 6.45) is 0. The van der Waals surface area contributed by atoms with E-state index in [4.69, 9.17) is 0 Å². The minimum Gasteiger partial charge on any atom is -0.188 e. The maximum Gasteiger partial charge on any atom is 0.100 e. The van der Waals surface area contributed by atoms with Gasteiger partial charge in [-0.05, 0) is 19.1 Å². The molecule has 88 valence electrons. The first-order valence-corrected chi connectivity index (χ1v) is 5.73. The minimum absolute atomic E-state index is 0.662. The predicted octanol–water partition coefficient (Wildman–Crippen LogP) is 4.47. The molecule has 2 nitrogen and oxygen atoms in total. The molecule has 0 bridgehead atoms. The fourth-order valence-corrected chi connectivity index (χ4v) is 1.46. The topological polar surface area (TPSA) is 24.7 Å². The molecular formula is C16H14N2. The van der Waals surface area contributed by atoms with Crippen LogP contribution in [-0.4, -0.2) is 6.01 Å². The van der Waals surface area contributed by atoms with Crippen LogP contribution < -0.4 is 0 Å². The predicted molar refractivity (Wildman–Crippen MR) is 76.2 cm³/mol. The zero-order valence-corrected chi connectivity index (χ0v) is 10.3. The van der Waals surface area contributed by atoms with Crippen LogP contribution in [-0.2, 0) is 0 Å². The Balaban J connectivity index is 2.12. The van der Waals surface area contributed by atoms with Crippen LogP contribution in [0.15, 0.2) is 71.2 Å². The monoisotopic (exact) mass is 234 g/mol. The summed E-state index contributed by atoms with van der Waals surface area (Å²) in [6, 6.07) is 20.3. The Kier molecular flexibility index (Phi) is 3.85. The van der Waals surface area contributed by atoms with Crippen molar-refractivity contribution in [2.24, 2.45) is 9.98 Å². The van der Waals surface area contributed by atoms with Crippen molar-refractivity contribution in [3.8, 4) is 0 Å². The molecule has 0 aliphatic heterocycles. The van der Waals surface area contributed by atoms with E-state index in [1.54, 1.807) is 0 Å². The van der Waals surface area contributed by atoms with Gasteiger partial charge in [-0.1, -0.05) is 54.6 Å². The van der Waals surface area contributed by atoms with Crippen molar-refractivity contribution in [2.75, 3.05) is 0 Å². The summed E-state index contributed by atoms with van der Waals surface area (Å²) in [6.45, 7) is 5.94. The first kappa shape index (κ1) is 12.0. The standard InChI is InChI=1S/C16H14N2/c1-13-8-10-15(11-9-13)14(2)17-12-18-16-6-4-3-5-7-16/h3-11H,2H2,1H3. The van der Waals surface area contributed by atoms with Crippen molar-refractivity contribution in [1.82, 2.24) is 0 Å². The minimum atomic E-state index is 0.662.